The van der Waals surface area contributed by atoms with Gasteiger partial charge in [0.2, 0.25) is 0 Å². The van der Waals surface area contributed by atoms with E-state index in [9.17, 15) is 4.39 Å². The third-order valence-corrected chi connectivity index (χ3v) is 4.68. The number of nitrogens with zero attached hydrogens (tertiary/aromatic N) is 3. The van der Waals surface area contributed by atoms with Crippen molar-refractivity contribution in [1.29, 1.82) is 0 Å². The van der Waals surface area contributed by atoms with E-state index >= 15 is 0 Å². The molecule has 1 unspecified atom stereocenters. The first kappa shape index (κ1) is 15.1. The highest BCUT2D eigenvalue weighted by Crippen LogP contribution is 2.35. The summed E-state index contributed by atoms with van der Waals surface area (Å²) in [6.45, 7) is 3.85. The number of nitrogens with two attached hydrogens (primary N) is 1. The van der Waals surface area contributed by atoms with Crippen molar-refractivity contribution in [3.8, 4) is 11.1 Å². The molecule has 0 aliphatic carbocycles. The summed E-state index contributed by atoms with van der Waals surface area (Å²) >= 11 is 0. The molecule has 3 aromatic rings. The van der Waals surface area contributed by atoms with Crippen molar-refractivity contribution in [2.75, 3.05) is 18.8 Å². The Labute approximate surface area is 139 Å². The van der Waals surface area contributed by atoms with E-state index in [0.717, 1.165) is 53.8 Å². The minimum Gasteiger partial charge on any atom is -0.382 e. The molecule has 1 atom stereocenters. The van der Waals surface area contributed by atoms with Crippen LogP contribution in [0.5, 0.6) is 0 Å². The molecule has 24 heavy (non-hydrogen) atoms. The van der Waals surface area contributed by atoms with E-state index < -0.39 is 0 Å². The Hall–Kier alpha value is -2.47. The summed E-state index contributed by atoms with van der Waals surface area (Å²) in [5.74, 6) is 0.529. The number of anilines is 1. The lowest BCUT2D eigenvalue weighted by molar-refractivity contribution is 0.449. The summed E-state index contributed by atoms with van der Waals surface area (Å²) in [5.41, 5.74) is 10.6. The number of aryl methyl sites for hydroxylation is 1. The Morgan fingerprint density at radius 1 is 1.29 bits per heavy atom. The maximum Gasteiger partial charge on any atom is 0.151 e. The lowest BCUT2D eigenvalue weighted by Crippen LogP contribution is -2.29. The largest absolute Gasteiger partial charge is 0.382 e. The molecule has 0 bridgehead atoms. The van der Waals surface area contributed by atoms with E-state index in [-0.39, 0.29) is 5.82 Å². The van der Waals surface area contributed by atoms with Crippen LogP contribution in [0.25, 0.3) is 16.6 Å². The molecule has 3 heterocycles. The molecular weight excluding hydrogens is 305 g/mol. The van der Waals surface area contributed by atoms with Crippen LogP contribution < -0.4 is 11.1 Å². The molecule has 1 aromatic carbocycles. The van der Waals surface area contributed by atoms with Gasteiger partial charge in [-0.15, -0.1) is 0 Å². The van der Waals surface area contributed by atoms with Crippen LogP contribution in [0, 0.1) is 12.7 Å². The topological polar surface area (TPSA) is 68.2 Å². The number of aromatic nitrogens is 3. The average Bonchev–Trinajstić information content (AvgIpc) is 2.96. The number of benzene rings is 1. The molecule has 3 N–H and O–H groups in total. The van der Waals surface area contributed by atoms with Gasteiger partial charge < -0.3 is 11.1 Å². The van der Waals surface area contributed by atoms with Crippen LogP contribution in [0.1, 0.15) is 30.0 Å². The second-order valence-electron chi connectivity index (χ2n) is 6.45. The van der Waals surface area contributed by atoms with Gasteiger partial charge in [-0.05, 0) is 55.6 Å². The molecule has 1 fully saturated rings. The Kier molecular flexibility index (Phi) is 3.69. The number of nitrogen functional groups attached to an aromatic ring is 1. The minimum atomic E-state index is -0.249. The molecule has 0 saturated carbocycles. The lowest BCUT2D eigenvalue weighted by atomic mass is 9.95. The number of hydrogen-bond acceptors (Lipinski definition) is 4. The molecule has 124 valence electrons. The van der Waals surface area contributed by atoms with Crippen LogP contribution in [0.4, 0.5) is 10.2 Å². The third-order valence-electron chi connectivity index (χ3n) is 4.68. The van der Waals surface area contributed by atoms with Gasteiger partial charge in [0, 0.05) is 23.7 Å². The van der Waals surface area contributed by atoms with Gasteiger partial charge in [-0.3, -0.25) is 0 Å². The van der Waals surface area contributed by atoms with E-state index in [1.54, 1.807) is 0 Å². The second-order valence-corrected chi connectivity index (χ2v) is 6.45. The molecule has 1 aliphatic heterocycles. The van der Waals surface area contributed by atoms with Gasteiger partial charge in [-0.25, -0.2) is 13.9 Å². The molecule has 1 saturated heterocycles. The van der Waals surface area contributed by atoms with Crippen LogP contribution in [0.2, 0.25) is 0 Å². The number of halogens is 1. The predicted molar refractivity (Wildman–Crippen MR) is 92.4 cm³/mol. The molecule has 4 rings (SSSR count). The minimum absolute atomic E-state index is 0.249. The summed E-state index contributed by atoms with van der Waals surface area (Å²) in [6, 6.07) is 7.12. The highest BCUT2D eigenvalue weighted by molar-refractivity contribution is 5.88. The zero-order chi connectivity index (χ0) is 16.7. The normalized spacial score (nSPS) is 18.2. The quantitative estimate of drug-likeness (QED) is 0.760. The number of fused-ring (bicyclic) bond motifs is 1. The van der Waals surface area contributed by atoms with Crippen molar-refractivity contribution < 1.29 is 4.39 Å². The van der Waals surface area contributed by atoms with Gasteiger partial charge in [0.05, 0.1) is 0 Å². The first-order valence-corrected chi connectivity index (χ1v) is 8.24. The Balaban J connectivity index is 1.95. The fourth-order valence-corrected chi connectivity index (χ4v) is 3.60. The summed E-state index contributed by atoms with van der Waals surface area (Å²) in [7, 11) is 0. The van der Waals surface area contributed by atoms with Crippen molar-refractivity contribution >= 4 is 11.3 Å². The van der Waals surface area contributed by atoms with Gasteiger partial charge in [0.25, 0.3) is 0 Å². The standard InChI is InChI=1S/C18H20FN5/c1-11-5-13(7-14(19)6-11)15-8-16(12-3-2-4-21-9-12)24-17(15)18(20)22-10-23-24/h5-8,10,12,21H,2-4,9H2,1H3,(H2,20,22,23). The SMILES string of the molecule is Cc1cc(F)cc(-c2cc(C3CCCNC3)n3ncnc(N)c23)c1. The van der Waals surface area contributed by atoms with E-state index in [0.29, 0.717) is 11.7 Å². The van der Waals surface area contributed by atoms with Gasteiger partial charge in [0.15, 0.2) is 5.82 Å². The molecular formula is C18H20FN5. The van der Waals surface area contributed by atoms with Crippen molar-refractivity contribution in [3.63, 3.8) is 0 Å². The van der Waals surface area contributed by atoms with Crippen molar-refractivity contribution in [2.24, 2.45) is 0 Å². The zero-order valence-electron chi connectivity index (χ0n) is 13.6. The summed E-state index contributed by atoms with van der Waals surface area (Å²) in [6.07, 6.45) is 3.71. The first-order valence-electron chi connectivity index (χ1n) is 8.24. The molecule has 0 spiro atoms. The zero-order valence-corrected chi connectivity index (χ0v) is 13.6. The van der Waals surface area contributed by atoms with Gasteiger partial charge in [-0.2, -0.15) is 5.10 Å². The molecule has 0 amide bonds. The fourth-order valence-electron chi connectivity index (χ4n) is 3.60. The van der Waals surface area contributed by atoms with E-state index in [2.05, 4.69) is 21.5 Å². The molecule has 1 aliphatic rings. The average molecular weight is 325 g/mol. The molecule has 2 aromatic heterocycles. The van der Waals surface area contributed by atoms with Crippen LogP contribution in [-0.4, -0.2) is 27.7 Å². The Morgan fingerprint density at radius 2 is 2.17 bits per heavy atom. The number of hydrogen-bond donors (Lipinski definition) is 2. The van der Waals surface area contributed by atoms with Crippen molar-refractivity contribution in [2.45, 2.75) is 25.7 Å². The van der Waals surface area contributed by atoms with E-state index in [1.807, 2.05) is 17.5 Å². The Morgan fingerprint density at radius 3 is 2.92 bits per heavy atom. The molecule has 6 heteroatoms. The van der Waals surface area contributed by atoms with Gasteiger partial charge in [-0.1, -0.05) is 6.07 Å². The van der Waals surface area contributed by atoms with Gasteiger partial charge >= 0.3 is 0 Å². The third kappa shape index (κ3) is 2.53. The summed E-state index contributed by atoms with van der Waals surface area (Å²) in [5, 5.41) is 7.84. The predicted octanol–water partition coefficient (Wildman–Crippen LogP) is 2.89. The smallest absolute Gasteiger partial charge is 0.151 e. The van der Waals surface area contributed by atoms with E-state index in [4.69, 9.17) is 5.73 Å². The highest BCUT2D eigenvalue weighted by atomic mass is 19.1. The van der Waals surface area contributed by atoms with Crippen LogP contribution >= 0.6 is 0 Å². The number of rotatable bonds is 2. The highest BCUT2D eigenvalue weighted by Gasteiger charge is 2.23. The summed E-state index contributed by atoms with van der Waals surface area (Å²) < 4.78 is 15.8. The molecule has 0 radical (unpaired) electrons. The summed E-state index contributed by atoms with van der Waals surface area (Å²) in [4.78, 5) is 4.13. The van der Waals surface area contributed by atoms with Crippen molar-refractivity contribution in [1.82, 2.24) is 19.9 Å². The fraction of sp³-hybridized carbons (Fsp3) is 0.333. The maximum absolute atomic E-state index is 13.9. The van der Waals surface area contributed by atoms with Gasteiger partial charge in [0.1, 0.15) is 17.7 Å². The monoisotopic (exact) mass is 325 g/mol. The van der Waals surface area contributed by atoms with Crippen LogP contribution in [0.15, 0.2) is 30.6 Å². The number of nitrogens with one attached hydrogen (secondary N) is 1. The van der Waals surface area contributed by atoms with Crippen LogP contribution in [-0.2, 0) is 0 Å². The Bertz CT molecular complexity index is 876. The van der Waals surface area contributed by atoms with E-state index in [1.165, 1.54) is 18.5 Å². The van der Waals surface area contributed by atoms with Crippen molar-refractivity contribution in [3.05, 3.63) is 47.7 Å². The maximum atomic E-state index is 13.9. The lowest BCUT2D eigenvalue weighted by Gasteiger charge is -2.22. The first-order chi connectivity index (χ1) is 11.6. The second kappa shape index (κ2) is 5.87. The van der Waals surface area contributed by atoms with Crippen LogP contribution in [0.3, 0.4) is 0 Å². The number of piperidine rings is 1. The molecule has 5 nitrogen and oxygen atoms in total.